The van der Waals surface area contributed by atoms with Gasteiger partial charge in [-0.25, -0.2) is 0 Å². The lowest BCUT2D eigenvalue weighted by Crippen LogP contribution is -2.02. The summed E-state index contributed by atoms with van der Waals surface area (Å²) in [5.74, 6) is 2.31. The van der Waals surface area contributed by atoms with E-state index < -0.39 is 0 Å². The summed E-state index contributed by atoms with van der Waals surface area (Å²) in [6.45, 7) is 0.471. The monoisotopic (exact) mass is 390 g/mol. The van der Waals surface area contributed by atoms with Gasteiger partial charge in [-0.3, -0.25) is 0 Å². The van der Waals surface area contributed by atoms with E-state index in [1.54, 1.807) is 26.4 Å². The zero-order chi connectivity index (χ0) is 20.4. The number of fused-ring (bicyclic) bond motifs is 1. The van der Waals surface area contributed by atoms with Crippen LogP contribution in [-0.4, -0.2) is 31.0 Å². The maximum Gasteiger partial charge on any atom is 0.123 e. The molecule has 4 rings (SSSR count). The number of methoxy groups -OCH3 is 2. The van der Waals surface area contributed by atoms with Gasteiger partial charge in [0.15, 0.2) is 0 Å². The highest BCUT2D eigenvalue weighted by atomic mass is 16.5. The molecule has 0 aliphatic carbocycles. The van der Waals surface area contributed by atoms with Crippen LogP contribution in [0.2, 0.25) is 0 Å². The number of rotatable bonds is 5. The maximum absolute atomic E-state index is 9.82. The van der Waals surface area contributed by atoms with Crippen LogP contribution in [0.15, 0.2) is 54.6 Å². The van der Waals surface area contributed by atoms with Crippen molar-refractivity contribution in [2.75, 3.05) is 20.8 Å². The Morgan fingerprint density at radius 1 is 0.828 bits per heavy atom. The molecule has 2 N–H and O–H groups in total. The van der Waals surface area contributed by atoms with E-state index in [-0.39, 0.29) is 17.4 Å². The summed E-state index contributed by atoms with van der Waals surface area (Å²) >= 11 is 0. The van der Waals surface area contributed by atoms with Crippen LogP contribution in [-0.2, 0) is 0 Å². The first kappa shape index (κ1) is 18.7. The van der Waals surface area contributed by atoms with Gasteiger partial charge < -0.3 is 24.4 Å². The van der Waals surface area contributed by atoms with Crippen LogP contribution < -0.4 is 14.2 Å². The van der Waals surface area contributed by atoms with Crippen LogP contribution in [0, 0.1) is 0 Å². The van der Waals surface area contributed by atoms with Gasteiger partial charge in [-0.15, -0.1) is 0 Å². The highest BCUT2D eigenvalue weighted by molar-refractivity contribution is 5.72. The standard InChI is InChI=1S/C24H22O5/c1-27-20-7-16(8-21(13-20)28-2)4-3-15-5-6-24-22(9-15)23(14-29-24)17-10-18(25)12-19(26)11-17/h3-13,23,25-26H,14H2,1-2H3/b4-3+/t23-/m1/s1. The Hall–Kier alpha value is -3.60. The minimum absolute atomic E-state index is 0.0384. The van der Waals surface area contributed by atoms with E-state index in [1.165, 1.54) is 6.07 Å². The van der Waals surface area contributed by atoms with Crippen LogP contribution in [0.5, 0.6) is 28.7 Å². The van der Waals surface area contributed by atoms with E-state index in [0.29, 0.717) is 6.61 Å². The molecule has 5 nitrogen and oxygen atoms in total. The number of hydrogen-bond acceptors (Lipinski definition) is 5. The van der Waals surface area contributed by atoms with Crippen molar-refractivity contribution in [1.29, 1.82) is 0 Å². The Labute approximate surface area is 169 Å². The molecular weight excluding hydrogens is 368 g/mol. The molecule has 29 heavy (non-hydrogen) atoms. The molecule has 0 fully saturated rings. The number of phenolic OH excluding ortho intramolecular Hbond substituents is 2. The van der Waals surface area contributed by atoms with E-state index in [0.717, 1.165) is 39.5 Å². The minimum atomic E-state index is -0.0479. The molecule has 0 bridgehead atoms. The van der Waals surface area contributed by atoms with Gasteiger partial charge in [-0.2, -0.15) is 0 Å². The first-order chi connectivity index (χ1) is 14.1. The second-order valence-electron chi connectivity index (χ2n) is 6.92. The van der Waals surface area contributed by atoms with E-state index in [2.05, 4.69) is 6.07 Å². The molecule has 0 amide bonds. The molecular formula is C24H22O5. The number of phenols is 2. The second-order valence-corrected chi connectivity index (χ2v) is 6.92. The lowest BCUT2D eigenvalue weighted by Gasteiger charge is -2.11. The number of aromatic hydroxyl groups is 2. The summed E-state index contributed by atoms with van der Waals surface area (Å²) in [6.07, 6.45) is 4.02. The molecule has 3 aromatic rings. The fourth-order valence-electron chi connectivity index (χ4n) is 3.55. The zero-order valence-corrected chi connectivity index (χ0v) is 16.3. The molecule has 0 unspecified atom stereocenters. The molecule has 1 heterocycles. The van der Waals surface area contributed by atoms with Crippen molar-refractivity contribution in [3.63, 3.8) is 0 Å². The average molecular weight is 390 g/mol. The van der Waals surface area contributed by atoms with E-state index in [1.807, 2.05) is 42.5 Å². The zero-order valence-electron chi connectivity index (χ0n) is 16.3. The Bertz CT molecular complexity index is 1030. The van der Waals surface area contributed by atoms with Crippen molar-refractivity contribution in [3.8, 4) is 28.7 Å². The van der Waals surface area contributed by atoms with Crippen molar-refractivity contribution >= 4 is 12.2 Å². The van der Waals surface area contributed by atoms with Crippen LogP contribution in [0.25, 0.3) is 12.2 Å². The van der Waals surface area contributed by atoms with Gasteiger partial charge in [-0.1, -0.05) is 18.2 Å². The van der Waals surface area contributed by atoms with Gasteiger partial charge in [0.05, 0.1) is 20.8 Å². The van der Waals surface area contributed by atoms with Crippen molar-refractivity contribution in [2.24, 2.45) is 0 Å². The molecule has 1 aliphatic heterocycles. The van der Waals surface area contributed by atoms with Crippen molar-refractivity contribution in [3.05, 3.63) is 76.9 Å². The molecule has 0 radical (unpaired) electrons. The van der Waals surface area contributed by atoms with Crippen LogP contribution >= 0.6 is 0 Å². The van der Waals surface area contributed by atoms with Crippen molar-refractivity contribution < 1.29 is 24.4 Å². The van der Waals surface area contributed by atoms with E-state index in [9.17, 15) is 10.2 Å². The number of ether oxygens (including phenoxy) is 3. The van der Waals surface area contributed by atoms with Crippen LogP contribution in [0.3, 0.4) is 0 Å². The normalized spacial score (nSPS) is 15.2. The first-order valence-electron chi connectivity index (χ1n) is 9.26. The Morgan fingerprint density at radius 2 is 1.48 bits per heavy atom. The smallest absolute Gasteiger partial charge is 0.123 e. The van der Waals surface area contributed by atoms with Crippen molar-refractivity contribution in [1.82, 2.24) is 0 Å². The molecule has 1 atom stereocenters. The Morgan fingerprint density at radius 3 is 2.14 bits per heavy atom. The molecule has 148 valence electrons. The highest BCUT2D eigenvalue weighted by Crippen LogP contribution is 2.40. The third-order valence-corrected chi connectivity index (χ3v) is 4.98. The lowest BCUT2D eigenvalue weighted by molar-refractivity contribution is 0.342. The molecule has 5 heteroatoms. The van der Waals surface area contributed by atoms with Gasteiger partial charge in [0, 0.05) is 23.6 Å². The molecule has 0 saturated heterocycles. The second kappa shape index (κ2) is 7.80. The van der Waals surface area contributed by atoms with Gasteiger partial charge in [-0.05, 0) is 53.1 Å². The maximum atomic E-state index is 9.82. The fourth-order valence-corrected chi connectivity index (χ4v) is 3.55. The van der Waals surface area contributed by atoms with Crippen LogP contribution in [0.1, 0.15) is 28.2 Å². The van der Waals surface area contributed by atoms with Gasteiger partial charge in [0.25, 0.3) is 0 Å². The molecule has 3 aromatic carbocycles. The van der Waals surface area contributed by atoms with E-state index in [4.69, 9.17) is 14.2 Å². The first-order valence-corrected chi connectivity index (χ1v) is 9.26. The number of benzene rings is 3. The summed E-state index contributed by atoms with van der Waals surface area (Å²) in [4.78, 5) is 0. The van der Waals surface area contributed by atoms with Crippen LogP contribution in [0.4, 0.5) is 0 Å². The largest absolute Gasteiger partial charge is 0.508 e. The topological polar surface area (TPSA) is 68.2 Å². The third kappa shape index (κ3) is 3.99. The van der Waals surface area contributed by atoms with Crippen molar-refractivity contribution in [2.45, 2.75) is 5.92 Å². The minimum Gasteiger partial charge on any atom is -0.508 e. The predicted molar refractivity (Wildman–Crippen MR) is 112 cm³/mol. The number of hydrogen-bond donors (Lipinski definition) is 2. The summed E-state index contributed by atoms with van der Waals surface area (Å²) in [7, 11) is 3.25. The summed E-state index contributed by atoms with van der Waals surface area (Å²) < 4.78 is 16.4. The quantitative estimate of drug-likeness (QED) is 0.612. The van der Waals surface area contributed by atoms with Gasteiger partial charge >= 0.3 is 0 Å². The SMILES string of the molecule is COc1cc(/C=C/c2ccc3c(c2)[C@@H](c2cc(O)cc(O)c2)CO3)cc(OC)c1. The lowest BCUT2D eigenvalue weighted by atomic mass is 9.91. The predicted octanol–water partition coefficient (Wildman–Crippen LogP) is 4.81. The molecule has 0 aromatic heterocycles. The van der Waals surface area contributed by atoms with Gasteiger partial charge in [0.2, 0.25) is 0 Å². The summed E-state index contributed by atoms with van der Waals surface area (Å²) in [5, 5.41) is 19.6. The summed E-state index contributed by atoms with van der Waals surface area (Å²) in [5.41, 5.74) is 3.83. The molecule has 0 spiro atoms. The third-order valence-electron chi connectivity index (χ3n) is 4.98. The summed E-state index contributed by atoms with van der Waals surface area (Å²) in [6, 6.07) is 16.4. The van der Waals surface area contributed by atoms with Gasteiger partial charge in [0.1, 0.15) is 28.7 Å². The molecule has 0 saturated carbocycles. The molecule has 1 aliphatic rings. The Kier molecular flexibility index (Phi) is 5.04. The fraction of sp³-hybridized carbons (Fsp3) is 0.167. The highest BCUT2D eigenvalue weighted by Gasteiger charge is 2.26. The average Bonchev–Trinajstić information content (AvgIpc) is 3.14. The Balaban J connectivity index is 1.64. The van der Waals surface area contributed by atoms with E-state index >= 15 is 0 Å².